The van der Waals surface area contributed by atoms with Crippen LogP contribution in [0, 0.1) is 12.8 Å². The van der Waals surface area contributed by atoms with Crippen molar-refractivity contribution in [2.75, 3.05) is 20.8 Å². The molecule has 0 amide bonds. The van der Waals surface area contributed by atoms with Gasteiger partial charge in [0.2, 0.25) is 0 Å². The van der Waals surface area contributed by atoms with E-state index in [2.05, 4.69) is 4.57 Å². The van der Waals surface area contributed by atoms with Crippen LogP contribution in [0.1, 0.15) is 79.0 Å². The summed E-state index contributed by atoms with van der Waals surface area (Å²) < 4.78 is 20.6. The van der Waals surface area contributed by atoms with Gasteiger partial charge in [0.1, 0.15) is 21.0 Å². The van der Waals surface area contributed by atoms with Crippen molar-refractivity contribution in [3.8, 4) is 5.75 Å². The van der Waals surface area contributed by atoms with Gasteiger partial charge in [0, 0.05) is 23.7 Å². The Labute approximate surface area is 244 Å². The zero-order valence-electron chi connectivity index (χ0n) is 25.0. The number of esters is 1. The molecule has 1 aliphatic heterocycles. The maximum Gasteiger partial charge on any atom is 0.419 e. The van der Waals surface area contributed by atoms with E-state index in [0.29, 0.717) is 18.0 Å². The van der Waals surface area contributed by atoms with Crippen molar-refractivity contribution in [1.29, 1.82) is 0 Å². The first kappa shape index (κ1) is 29.4. The normalized spacial score (nSPS) is 22.5. The number of methoxy groups -OCH3 is 2. The molecule has 0 radical (unpaired) electrons. The fraction of sp³-hybridized carbons (Fsp3) is 0.500. The molecule has 0 bridgehead atoms. The highest BCUT2D eigenvalue weighted by Crippen LogP contribution is 2.47. The molecule has 1 saturated carbocycles. The van der Waals surface area contributed by atoms with Crippen LogP contribution >= 0.6 is 0 Å². The first-order chi connectivity index (χ1) is 19.4. The number of nitrogens with zero attached hydrogens (tertiary/aromatic N) is 2. The van der Waals surface area contributed by atoms with Crippen molar-refractivity contribution < 1.29 is 28.9 Å². The smallest absolute Gasteiger partial charge is 0.419 e. The monoisotopic (exact) mass is 578 g/mol. The van der Waals surface area contributed by atoms with Gasteiger partial charge in [-0.15, -0.1) is 0 Å². The largest absolute Gasteiger partial charge is 0.496 e. The number of aliphatic hydroxyl groups is 1. The molecular formula is C32H42N2O6Si. The van der Waals surface area contributed by atoms with Crippen LogP contribution in [0.3, 0.4) is 0 Å². The van der Waals surface area contributed by atoms with Crippen LogP contribution in [0.5, 0.6) is 5.75 Å². The molecule has 41 heavy (non-hydrogen) atoms. The highest BCUT2D eigenvalue weighted by molar-refractivity contribution is 6.34. The molecule has 1 aliphatic carbocycles. The number of fused-ring (bicyclic) bond motifs is 1. The number of aryl methyl sites for hydroxylation is 1. The Balaban J connectivity index is 1.48. The van der Waals surface area contributed by atoms with Crippen molar-refractivity contribution in [3.05, 3.63) is 64.8 Å². The number of aromatic nitrogens is 1. The Kier molecular flexibility index (Phi) is 8.07. The van der Waals surface area contributed by atoms with Gasteiger partial charge in [-0.1, -0.05) is 12.1 Å². The lowest BCUT2D eigenvalue weighted by molar-refractivity contribution is 0.000234. The number of ether oxygens (including phenoxy) is 3. The predicted octanol–water partition coefficient (Wildman–Crippen LogP) is 5.09. The Morgan fingerprint density at radius 1 is 1.12 bits per heavy atom. The molecule has 5 rings (SSSR count). The van der Waals surface area contributed by atoms with Crippen LogP contribution in [0.4, 0.5) is 4.79 Å². The topological polar surface area (TPSA) is 90.2 Å². The third kappa shape index (κ3) is 6.22. The lowest BCUT2D eigenvalue weighted by Crippen LogP contribution is -2.33. The molecule has 0 unspecified atom stereocenters. The summed E-state index contributed by atoms with van der Waals surface area (Å²) in [6, 6.07) is 11.7. The van der Waals surface area contributed by atoms with Crippen LogP contribution in [0.15, 0.2) is 42.6 Å². The maximum atomic E-state index is 13.1. The third-order valence-electron chi connectivity index (χ3n) is 8.50. The average Bonchev–Trinajstić information content (AvgIpc) is 3.72. The summed E-state index contributed by atoms with van der Waals surface area (Å²) in [5, 5.41) is 12.8. The summed E-state index contributed by atoms with van der Waals surface area (Å²) >= 11 is 0. The van der Waals surface area contributed by atoms with Crippen LogP contribution in [-0.2, 0) is 16.0 Å². The van der Waals surface area contributed by atoms with Crippen molar-refractivity contribution in [2.45, 2.75) is 76.7 Å². The summed E-state index contributed by atoms with van der Waals surface area (Å²) in [6.45, 7) is 9.06. The van der Waals surface area contributed by atoms with E-state index in [4.69, 9.17) is 14.2 Å². The standard InChI is InChI=1S/C32H42N2O6Si/c1-20-17-26(38-5)25(24-13-15-34(28(20)24)30(36)40-31(2,3)4)19-33-16-14-32(37,23-11-12-23)18-27(41-33)21-7-9-22(10-8-21)29(35)39-6/h7-10,13,15,17,23,27,37H,11-12,14,16,18-19,41H2,1-6H3/t27-,32-/m0/s1. The summed E-state index contributed by atoms with van der Waals surface area (Å²) in [4.78, 5) is 25.1. The summed E-state index contributed by atoms with van der Waals surface area (Å²) in [5.74, 6) is 0.808. The molecule has 1 N–H and O–H groups in total. The molecule has 2 aliphatic rings. The summed E-state index contributed by atoms with van der Waals surface area (Å²) in [7, 11) is 2.20. The van der Waals surface area contributed by atoms with Crippen LogP contribution in [0.25, 0.3) is 10.9 Å². The molecule has 2 fully saturated rings. The Bertz CT molecular complexity index is 1440. The van der Waals surface area contributed by atoms with Crippen LogP contribution < -0.4 is 4.74 Å². The number of rotatable bonds is 6. The van der Waals surface area contributed by atoms with E-state index >= 15 is 0 Å². The number of carbonyl (C=O) groups excluding carboxylic acids is 2. The van der Waals surface area contributed by atoms with Crippen LogP contribution in [0.2, 0.25) is 0 Å². The second-order valence-electron chi connectivity index (χ2n) is 12.7. The predicted molar refractivity (Wildman–Crippen MR) is 161 cm³/mol. The molecule has 8 nitrogen and oxygen atoms in total. The van der Waals surface area contributed by atoms with E-state index < -0.39 is 27.0 Å². The van der Waals surface area contributed by atoms with Crippen molar-refractivity contribution in [2.24, 2.45) is 5.92 Å². The lowest BCUT2D eigenvalue weighted by atomic mass is 9.86. The average molecular weight is 579 g/mol. The zero-order valence-corrected chi connectivity index (χ0v) is 26.4. The maximum absolute atomic E-state index is 13.1. The molecule has 220 valence electrons. The lowest BCUT2D eigenvalue weighted by Gasteiger charge is -2.29. The van der Waals surface area contributed by atoms with E-state index in [0.717, 1.165) is 65.6 Å². The van der Waals surface area contributed by atoms with E-state index in [1.54, 1.807) is 17.9 Å². The highest BCUT2D eigenvalue weighted by atomic mass is 28.2. The minimum absolute atomic E-state index is 0.230. The van der Waals surface area contributed by atoms with Gasteiger partial charge in [-0.25, -0.2) is 9.59 Å². The number of carbonyl (C=O) groups is 2. The Morgan fingerprint density at radius 2 is 1.83 bits per heavy atom. The van der Waals surface area contributed by atoms with Crippen molar-refractivity contribution in [3.63, 3.8) is 0 Å². The molecule has 1 aromatic heterocycles. The minimum Gasteiger partial charge on any atom is -0.496 e. The fourth-order valence-corrected chi connectivity index (χ4v) is 8.74. The summed E-state index contributed by atoms with van der Waals surface area (Å²) in [6.07, 6.45) is 5.02. The van der Waals surface area contributed by atoms with Gasteiger partial charge in [-0.3, -0.25) is 4.57 Å². The molecule has 9 heteroatoms. The molecular weight excluding hydrogens is 536 g/mol. The van der Waals surface area contributed by atoms with Gasteiger partial charge in [0.25, 0.3) is 0 Å². The number of benzene rings is 2. The van der Waals surface area contributed by atoms with E-state index in [1.807, 2.05) is 64.1 Å². The van der Waals surface area contributed by atoms with Gasteiger partial charge in [-0.2, -0.15) is 0 Å². The van der Waals surface area contributed by atoms with Gasteiger partial charge in [-0.05, 0) is 107 Å². The van der Waals surface area contributed by atoms with E-state index in [1.165, 1.54) is 7.11 Å². The molecule has 0 spiro atoms. The molecule has 2 heterocycles. The van der Waals surface area contributed by atoms with Crippen LogP contribution in [-0.4, -0.2) is 67.9 Å². The highest BCUT2D eigenvalue weighted by Gasteiger charge is 2.46. The van der Waals surface area contributed by atoms with Gasteiger partial charge in [0.15, 0.2) is 0 Å². The van der Waals surface area contributed by atoms with Gasteiger partial charge >= 0.3 is 12.1 Å². The molecule has 2 aromatic carbocycles. The second kappa shape index (κ2) is 11.3. The number of hydrogen-bond donors (Lipinski definition) is 1. The van der Waals surface area contributed by atoms with Crippen molar-refractivity contribution in [1.82, 2.24) is 9.13 Å². The molecule has 3 aromatic rings. The quantitative estimate of drug-likeness (QED) is 0.322. The second-order valence-corrected chi connectivity index (χ2v) is 14.9. The van der Waals surface area contributed by atoms with E-state index in [-0.39, 0.29) is 11.5 Å². The van der Waals surface area contributed by atoms with Crippen molar-refractivity contribution >= 4 is 32.6 Å². The Hall–Kier alpha value is -3.14. The Morgan fingerprint density at radius 3 is 2.44 bits per heavy atom. The fourth-order valence-electron chi connectivity index (χ4n) is 6.31. The molecule has 2 atom stereocenters. The minimum atomic E-state index is -0.879. The zero-order chi connectivity index (χ0) is 29.5. The van der Waals surface area contributed by atoms with Gasteiger partial charge in [0.05, 0.1) is 30.9 Å². The number of hydrogen-bond acceptors (Lipinski definition) is 7. The van der Waals surface area contributed by atoms with Gasteiger partial charge < -0.3 is 23.9 Å². The van der Waals surface area contributed by atoms with E-state index in [9.17, 15) is 14.7 Å². The summed E-state index contributed by atoms with van der Waals surface area (Å²) in [5.41, 5.74) is 3.45. The molecule has 1 saturated heterocycles. The SMILES string of the molecule is COC(=O)c1ccc([C@@H]2C[C@](O)(C3CC3)CCN(Cc3c(OC)cc(C)c4c3ccn4C(=O)OC(C)(C)C)[SiH2]2)cc1. The first-order valence-electron chi connectivity index (χ1n) is 14.5. The third-order valence-corrected chi connectivity index (χ3v) is 10.8. The first-order valence-corrected chi connectivity index (χ1v) is 15.9.